The van der Waals surface area contributed by atoms with Crippen LogP contribution in [0.3, 0.4) is 0 Å². The van der Waals surface area contributed by atoms with Crippen LogP contribution in [0.15, 0.2) is 0 Å². The van der Waals surface area contributed by atoms with Crippen molar-refractivity contribution in [1.29, 1.82) is 0 Å². The first kappa shape index (κ1) is 14.5. The second kappa shape index (κ2) is 7.67. The molecule has 1 N–H and O–H groups in total. The van der Waals surface area contributed by atoms with Gasteiger partial charge in [-0.1, -0.05) is 13.8 Å². The molecule has 1 heterocycles. The normalized spacial score (nSPS) is 19.3. The number of carbonyl (C=O) groups excluding carboxylic acids is 1. The van der Waals surface area contributed by atoms with Gasteiger partial charge in [0.05, 0.1) is 12.5 Å². The van der Waals surface area contributed by atoms with Crippen LogP contribution in [0.2, 0.25) is 0 Å². The number of hydrogen-bond donors (Lipinski definition) is 1. The molecule has 0 bridgehead atoms. The maximum Gasteiger partial charge on any atom is 0.307 e. The molecule has 1 unspecified atom stereocenters. The fraction of sp³-hybridized carbons (Fsp3) is 0.923. The topological polar surface area (TPSA) is 41.6 Å². The van der Waals surface area contributed by atoms with E-state index in [2.05, 4.69) is 24.1 Å². The Morgan fingerprint density at radius 1 is 1.29 bits per heavy atom. The van der Waals surface area contributed by atoms with Gasteiger partial charge in [-0.2, -0.15) is 0 Å². The van der Waals surface area contributed by atoms with Crippen molar-refractivity contribution >= 4 is 5.97 Å². The third-order valence-corrected chi connectivity index (χ3v) is 2.98. The summed E-state index contributed by atoms with van der Waals surface area (Å²) in [4.78, 5) is 13.9. The summed E-state index contributed by atoms with van der Waals surface area (Å²) in [6, 6.07) is 0. The van der Waals surface area contributed by atoms with Gasteiger partial charge in [-0.15, -0.1) is 0 Å². The quantitative estimate of drug-likeness (QED) is 0.712. The van der Waals surface area contributed by atoms with E-state index in [0.717, 1.165) is 39.1 Å². The van der Waals surface area contributed by atoms with E-state index in [1.807, 2.05) is 6.92 Å². The van der Waals surface area contributed by atoms with Gasteiger partial charge >= 0.3 is 5.97 Å². The maximum absolute atomic E-state index is 11.6. The van der Waals surface area contributed by atoms with Gasteiger partial charge in [0.25, 0.3) is 0 Å². The molecule has 0 saturated carbocycles. The maximum atomic E-state index is 11.6. The molecular formula is C13H26N2O2. The number of esters is 1. The molecule has 0 spiro atoms. The third kappa shape index (κ3) is 6.64. The molecule has 0 aromatic carbocycles. The fourth-order valence-electron chi connectivity index (χ4n) is 2.18. The van der Waals surface area contributed by atoms with Gasteiger partial charge in [0.1, 0.15) is 0 Å². The highest BCUT2D eigenvalue weighted by molar-refractivity contribution is 5.69. The van der Waals surface area contributed by atoms with Gasteiger partial charge in [-0.3, -0.25) is 4.79 Å². The van der Waals surface area contributed by atoms with Gasteiger partial charge in [0, 0.05) is 32.7 Å². The summed E-state index contributed by atoms with van der Waals surface area (Å²) in [5.74, 6) is 0.516. The molecule has 1 atom stereocenters. The first-order chi connectivity index (χ1) is 8.08. The Bertz CT molecular complexity index is 225. The Kier molecular flexibility index (Phi) is 6.52. The first-order valence-electron chi connectivity index (χ1n) is 6.70. The van der Waals surface area contributed by atoms with E-state index in [0.29, 0.717) is 12.3 Å². The zero-order chi connectivity index (χ0) is 12.7. The summed E-state index contributed by atoms with van der Waals surface area (Å²) in [5, 5.41) is 3.30. The molecule has 0 aromatic rings. The molecule has 17 heavy (non-hydrogen) atoms. The number of carbonyl (C=O) groups is 1. The minimum absolute atomic E-state index is 0.0468. The Morgan fingerprint density at radius 2 is 1.94 bits per heavy atom. The number of nitrogens with one attached hydrogen (secondary N) is 1. The Hall–Kier alpha value is -0.610. The van der Waals surface area contributed by atoms with Crippen molar-refractivity contribution in [2.24, 2.45) is 5.92 Å². The smallest absolute Gasteiger partial charge is 0.307 e. The Balaban J connectivity index is 2.11. The monoisotopic (exact) mass is 242 g/mol. The number of rotatable bonds is 6. The standard InChI is InChI=1S/C13H26N2O2/c1-11(2)10-12(3)17-13(16)4-7-15-8-5-14-6-9-15/h11-12,14H,4-10H2,1-3H3. The molecule has 1 saturated heterocycles. The molecule has 1 fully saturated rings. The molecule has 4 nitrogen and oxygen atoms in total. The SMILES string of the molecule is CC(C)CC(C)OC(=O)CCN1CCNCC1. The van der Waals surface area contributed by atoms with Gasteiger partial charge in [-0.05, 0) is 19.3 Å². The summed E-state index contributed by atoms with van der Waals surface area (Å²) in [7, 11) is 0. The zero-order valence-electron chi connectivity index (χ0n) is 11.4. The molecule has 0 radical (unpaired) electrons. The molecule has 100 valence electrons. The number of hydrogen-bond acceptors (Lipinski definition) is 4. The lowest BCUT2D eigenvalue weighted by Gasteiger charge is -2.26. The summed E-state index contributed by atoms with van der Waals surface area (Å²) < 4.78 is 5.37. The number of nitrogens with zero attached hydrogens (tertiary/aromatic N) is 1. The minimum atomic E-state index is -0.0586. The van der Waals surface area contributed by atoms with Gasteiger partial charge in [0.15, 0.2) is 0 Å². The van der Waals surface area contributed by atoms with E-state index in [1.54, 1.807) is 0 Å². The molecule has 1 rings (SSSR count). The predicted molar refractivity (Wildman–Crippen MR) is 68.9 cm³/mol. The van der Waals surface area contributed by atoms with E-state index in [4.69, 9.17) is 4.74 Å². The minimum Gasteiger partial charge on any atom is -0.463 e. The summed E-state index contributed by atoms with van der Waals surface area (Å²) in [5.41, 5.74) is 0. The lowest BCUT2D eigenvalue weighted by Crippen LogP contribution is -2.44. The summed E-state index contributed by atoms with van der Waals surface area (Å²) >= 11 is 0. The van der Waals surface area contributed by atoms with Gasteiger partial charge in [-0.25, -0.2) is 0 Å². The van der Waals surface area contributed by atoms with Crippen LogP contribution in [-0.2, 0) is 9.53 Å². The van der Waals surface area contributed by atoms with Crippen molar-refractivity contribution in [1.82, 2.24) is 10.2 Å². The zero-order valence-corrected chi connectivity index (χ0v) is 11.4. The van der Waals surface area contributed by atoms with E-state index in [9.17, 15) is 4.79 Å². The van der Waals surface area contributed by atoms with Crippen molar-refractivity contribution in [3.63, 3.8) is 0 Å². The van der Waals surface area contributed by atoms with Gasteiger partial charge in [0.2, 0.25) is 0 Å². The molecule has 0 aromatic heterocycles. The van der Waals surface area contributed by atoms with Gasteiger partial charge < -0.3 is 15.0 Å². The Morgan fingerprint density at radius 3 is 2.53 bits per heavy atom. The third-order valence-electron chi connectivity index (χ3n) is 2.98. The van der Waals surface area contributed by atoms with Crippen LogP contribution in [0, 0.1) is 5.92 Å². The van der Waals surface area contributed by atoms with Crippen LogP contribution in [0.1, 0.15) is 33.6 Å². The van der Waals surface area contributed by atoms with Crippen LogP contribution in [0.4, 0.5) is 0 Å². The molecule has 4 heteroatoms. The largest absolute Gasteiger partial charge is 0.463 e. The average molecular weight is 242 g/mol. The van der Waals surface area contributed by atoms with Crippen molar-refractivity contribution in [3.05, 3.63) is 0 Å². The average Bonchev–Trinajstić information content (AvgIpc) is 2.26. The van der Waals surface area contributed by atoms with Crippen LogP contribution in [0.25, 0.3) is 0 Å². The summed E-state index contributed by atoms with van der Waals surface area (Å²) in [6.45, 7) is 11.2. The Labute approximate surface area is 105 Å². The molecule has 1 aliphatic heterocycles. The molecule has 1 aliphatic rings. The number of ether oxygens (including phenoxy) is 1. The highest BCUT2D eigenvalue weighted by atomic mass is 16.5. The second-order valence-electron chi connectivity index (χ2n) is 5.27. The predicted octanol–water partition coefficient (Wildman–Crippen LogP) is 1.26. The highest BCUT2D eigenvalue weighted by Crippen LogP contribution is 2.08. The number of piperazine rings is 1. The fourth-order valence-corrected chi connectivity index (χ4v) is 2.18. The lowest BCUT2D eigenvalue weighted by molar-refractivity contribution is -0.149. The molecular weight excluding hydrogens is 216 g/mol. The second-order valence-corrected chi connectivity index (χ2v) is 5.27. The van der Waals surface area contributed by atoms with Crippen LogP contribution in [0.5, 0.6) is 0 Å². The lowest BCUT2D eigenvalue weighted by atomic mass is 10.1. The van der Waals surface area contributed by atoms with Crippen molar-refractivity contribution < 1.29 is 9.53 Å². The highest BCUT2D eigenvalue weighted by Gasteiger charge is 2.14. The van der Waals surface area contributed by atoms with E-state index in [-0.39, 0.29) is 12.1 Å². The van der Waals surface area contributed by atoms with Crippen LogP contribution < -0.4 is 5.32 Å². The summed E-state index contributed by atoms with van der Waals surface area (Å²) in [6.07, 6.45) is 1.51. The first-order valence-corrected chi connectivity index (χ1v) is 6.70. The van der Waals surface area contributed by atoms with Crippen molar-refractivity contribution in [2.45, 2.75) is 39.7 Å². The van der Waals surface area contributed by atoms with E-state index < -0.39 is 0 Å². The van der Waals surface area contributed by atoms with Crippen molar-refractivity contribution in [3.8, 4) is 0 Å². The van der Waals surface area contributed by atoms with Crippen molar-refractivity contribution in [2.75, 3.05) is 32.7 Å². The molecule has 0 aliphatic carbocycles. The van der Waals surface area contributed by atoms with E-state index in [1.165, 1.54) is 0 Å². The molecule has 0 amide bonds. The van der Waals surface area contributed by atoms with Crippen LogP contribution in [-0.4, -0.2) is 49.7 Å². The van der Waals surface area contributed by atoms with E-state index >= 15 is 0 Å². The van der Waals surface area contributed by atoms with Crippen LogP contribution >= 0.6 is 0 Å².